The van der Waals surface area contributed by atoms with Crippen LogP contribution in [0.1, 0.15) is 60.6 Å². The van der Waals surface area contributed by atoms with Crippen LogP contribution in [-0.4, -0.2) is 80.9 Å². The molecule has 2 aromatic carbocycles. The van der Waals surface area contributed by atoms with E-state index in [2.05, 4.69) is 10.2 Å². The third-order valence-electron chi connectivity index (χ3n) is 7.37. The SMILES string of the molecule is COc1ccc(C(=O)CCCCCC(=O)N[C@H](CN2CC[C@H](OC)C2)[C@H](O)c2ccc3c(c2)OCCO3)cc1. The fourth-order valence-corrected chi connectivity index (χ4v) is 5.08. The molecule has 2 aliphatic rings. The fourth-order valence-electron chi connectivity index (χ4n) is 5.08. The van der Waals surface area contributed by atoms with Gasteiger partial charge < -0.3 is 29.4 Å². The summed E-state index contributed by atoms with van der Waals surface area (Å²) in [7, 11) is 3.30. The molecule has 2 aliphatic heterocycles. The molecule has 0 saturated carbocycles. The third kappa shape index (κ3) is 8.17. The lowest BCUT2D eigenvalue weighted by atomic mass is 10.00. The van der Waals surface area contributed by atoms with Gasteiger partial charge in [-0.2, -0.15) is 0 Å². The Balaban J connectivity index is 1.28. The summed E-state index contributed by atoms with van der Waals surface area (Å²) in [5.74, 6) is 1.96. The lowest BCUT2D eigenvalue weighted by molar-refractivity contribution is -0.123. The molecule has 9 nitrogen and oxygen atoms in total. The second kappa shape index (κ2) is 14.3. The Hall–Kier alpha value is -3.14. The molecule has 4 rings (SSSR count). The van der Waals surface area contributed by atoms with Gasteiger partial charge in [0.2, 0.25) is 5.91 Å². The quantitative estimate of drug-likeness (QED) is 0.277. The van der Waals surface area contributed by atoms with Crippen molar-refractivity contribution in [2.75, 3.05) is 47.1 Å². The van der Waals surface area contributed by atoms with Crippen molar-refractivity contribution < 1.29 is 33.6 Å². The number of amides is 1. The minimum atomic E-state index is -0.909. The van der Waals surface area contributed by atoms with Gasteiger partial charge in [-0.05, 0) is 61.2 Å². The number of unbranched alkanes of at least 4 members (excludes halogenated alkanes) is 2. The molecule has 0 unspecified atom stereocenters. The molecule has 2 N–H and O–H groups in total. The van der Waals surface area contributed by atoms with E-state index in [9.17, 15) is 14.7 Å². The Labute approximate surface area is 230 Å². The molecular weight excluding hydrogens is 500 g/mol. The van der Waals surface area contributed by atoms with Crippen LogP contribution in [0.15, 0.2) is 42.5 Å². The van der Waals surface area contributed by atoms with Crippen LogP contribution in [0.5, 0.6) is 17.2 Å². The number of aliphatic hydroxyl groups excluding tert-OH is 1. The highest BCUT2D eigenvalue weighted by Gasteiger charge is 2.30. The summed E-state index contributed by atoms with van der Waals surface area (Å²) in [6, 6.07) is 12.0. The zero-order valence-electron chi connectivity index (χ0n) is 22.9. The Morgan fingerprint density at radius 3 is 2.49 bits per heavy atom. The minimum Gasteiger partial charge on any atom is -0.497 e. The first-order valence-corrected chi connectivity index (χ1v) is 13.8. The number of ketones is 1. The Kier molecular flexibility index (Phi) is 10.6. The number of aliphatic hydroxyl groups is 1. The third-order valence-corrected chi connectivity index (χ3v) is 7.37. The van der Waals surface area contributed by atoms with Crippen molar-refractivity contribution in [1.82, 2.24) is 10.2 Å². The predicted molar refractivity (Wildman–Crippen MR) is 147 cm³/mol. The van der Waals surface area contributed by atoms with Gasteiger partial charge in [-0.1, -0.05) is 12.5 Å². The van der Waals surface area contributed by atoms with Gasteiger partial charge in [0.05, 0.1) is 19.3 Å². The van der Waals surface area contributed by atoms with Crippen molar-refractivity contribution >= 4 is 11.7 Å². The average Bonchev–Trinajstić information content (AvgIpc) is 3.43. The summed E-state index contributed by atoms with van der Waals surface area (Å²) in [5, 5.41) is 14.4. The second-order valence-corrected chi connectivity index (χ2v) is 10.1. The molecule has 2 heterocycles. The predicted octanol–water partition coefficient (Wildman–Crippen LogP) is 3.54. The average molecular weight is 541 g/mol. The van der Waals surface area contributed by atoms with E-state index >= 15 is 0 Å². The molecule has 0 spiro atoms. The van der Waals surface area contributed by atoms with Gasteiger partial charge in [0.1, 0.15) is 25.1 Å². The maximum atomic E-state index is 12.9. The number of nitrogens with zero attached hydrogens (tertiary/aromatic N) is 1. The molecule has 0 aliphatic carbocycles. The highest BCUT2D eigenvalue weighted by atomic mass is 16.6. The van der Waals surface area contributed by atoms with Gasteiger partial charge >= 0.3 is 0 Å². The highest BCUT2D eigenvalue weighted by molar-refractivity contribution is 5.96. The normalized spacial score (nSPS) is 18.4. The maximum Gasteiger partial charge on any atom is 0.220 e. The smallest absolute Gasteiger partial charge is 0.220 e. The van der Waals surface area contributed by atoms with Crippen LogP contribution >= 0.6 is 0 Å². The van der Waals surface area contributed by atoms with Crippen LogP contribution in [0.2, 0.25) is 0 Å². The van der Waals surface area contributed by atoms with E-state index in [1.807, 2.05) is 6.07 Å². The lowest BCUT2D eigenvalue weighted by Crippen LogP contribution is -2.47. The molecule has 1 saturated heterocycles. The molecule has 9 heteroatoms. The van der Waals surface area contributed by atoms with Crippen LogP contribution in [0, 0.1) is 0 Å². The summed E-state index contributed by atoms with van der Waals surface area (Å²) in [6.07, 6.45) is 3.11. The number of benzene rings is 2. The number of hydrogen-bond donors (Lipinski definition) is 2. The topological polar surface area (TPSA) is 107 Å². The van der Waals surface area contributed by atoms with Crippen LogP contribution in [-0.2, 0) is 9.53 Å². The number of fused-ring (bicyclic) bond motifs is 1. The summed E-state index contributed by atoms with van der Waals surface area (Å²) < 4.78 is 21.9. The monoisotopic (exact) mass is 540 g/mol. The van der Waals surface area contributed by atoms with Crippen molar-refractivity contribution in [3.8, 4) is 17.2 Å². The van der Waals surface area contributed by atoms with Gasteiger partial charge in [-0.3, -0.25) is 14.5 Å². The standard InChI is InChI=1S/C30H40N2O7/c1-36-23-11-8-21(9-12-23)26(33)6-4-3-5-7-29(34)31-25(20-32-15-14-24(19-32)37-2)30(35)22-10-13-27-28(18-22)39-17-16-38-27/h8-13,18,24-25,30,35H,3-7,14-17,19-20H2,1-2H3,(H,31,34)/t24-,25+,30+/m0/s1. The van der Waals surface area contributed by atoms with E-state index in [1.165, 1.54) is 0 Å². The molecule has 0 bridgehead atoms. The molecule has 0 aromatic heterocycles. The summed E-state index contributed by atoms with van der Waals surface area (Å²) in [6.45, 7) is 3.08. The van der Waals surface area contributed by atoms with E-state index in [1.54, 1.807) is 50.6 Å². The van der Waals surface area contributed by atoms with E-state index in [4.69, 9.17) is 18.9 Å². The zero-order valence-corrected chi connectivity index (χ0v) is 22.9. The Morgan fingerprint density at radius 1 is 1.03 bits per heavy atom. The van der Waals surface area contributed by atoms with Crippen LogP contribution in [0.4, 0.5) is 0 Å². The van der Waals surface area contributed by atoms with E-state index in [0.717, 1.165) is 31.7 Å². The van der Waals surface area contributed by atoms with Gasteiger partial charge in [0, 0.05) is 45.1 Å². The lowest BCUT2D eigenvalue weighted by Gasteiger charge is -2.29. The fraction of sp³-hybridized carbons (Fsp3) is 0.533. The van der Waals surface area contributed by atoms with Gasteiger partial charge in [-0.15, -0.1) is 0 Å². The number of ether oxygens (including phenoxy) is 4. The number of carbonyl (C=O) groups excluding carboxylic acids is 2. The number of hydrogen-bond acceptors (Lipinski definition) is 8. The molecule has 2 aromatic rings. The number of nitrogens with one attached hydrogen (secondary N) is 1. The van der Waals surface area contributed by atoms with Crippen molar-refractivity contribution in [3.05, 3.63) is 53.6 Å². The molecule has 1 amide bonds. The van der Waals surface area contributed by atoms with E-state index < -0.39 is 12.1 Å². The first-order chi connectivity index (χ1) is 19.0. The molecule has 39 heavy (non-hydrogen) atoms. The second-order valence-electron chi connectivity index (χ2n) is 10.1. The molecule has 212 valence electrons. The van der Waals surface area contributed by atoms with Crippen LogP contribution < -0.4 is 19.5 Å². The first kappa shape index (κ1) is 28.9. The first-order valence-electron chi connectivity index (χ1n) is 13.8. The van der Waals surface area contributed by atoms with Crippen molar-refractivity contribution in [2.45, 2.75) is 56.8 Å². The number of carbonyl (C=O) groups is 2. The Morgan fingerprint density at radius 2 is 1.77 bits per heavy atom. The summed E-state index contributed by atoms with van der Waals surface area (Å²) >= 11 is 0. The Bertz CT molecular complexity index is 1090. The highest BCUT2D eigenvalue weighted by Crippen LogP contribution is 2.33. The molecule has 1 fully saturated rings. The number of methoxy groups -OCH3 is 2. The maximum absolute atomic E-state index is 12.9. The van der Waals surface area contributed by atoms with Crippen molar-refractivity contribution in [3.63, 3.8) is 0 Å². The van der Waals surface area contributed by atoms with E-state index in [0.29, 0.717) is 68.1 Å². The molecule has 3 atom stereocenters. The van der Waals surface area contributed by atoms with E-state index in [-0.39, 0.29) is 17.8 Å². The van der Waals surface area contributed by atoms with Gasteiger partial charge in [0.25, 0.3) is 0 Å². The number of Topliss-reactive ketones (excluding diaryl/α,β-unsaturated/α-hetero) is 1. The molecular formula is C30H40N2O7. The zero-order chi connectivity index (χ0) is 27.6. The largest absolute Gasteiger partial charge is 0.497 e. The van der Waals surface area contributed by atoms with Crippen molar-refractivity contribution in [1.29, 1.82) is 0 Å². The summed E-state index contributed by atoms with van der Waals surface area (Å²) in [5.41, 5.74) is 1.34. The van der Waals surface area contributed by atoms with Gasteiger partial charge in [0.15, 0.2) is 17.3 Å². The number of likely N-dealkylation sites (tertiary alicyclic amines) is 1. The van der Waals surface area contributed by atoms with Crippen LogP contribution in [0.25, 0.3) is 0 Å². The minimum absolute atomic E-state index is 0.0877. The molecule has 0 radical (unpaired) electrons. The number of rotatable bonds is 14. The summed E-state index contributed by atoms with van der Waals surface area (Å²) in [4.78, 5) is 27.5. The van der Waals surface area contributed by atoms with Crippen LogP contribution in [0.3, 0.4) is 0 Å². The van der Waals surface area contributed by atoms with Crippen molar-refractivity contribution in [2.24, 2.45) is 0 Å². The van der Waals surface area contributed by atoms with Gasteiger partial charge in [-0.25, -0.2) is 0 Å².